The number of carbonyl (C=O) groups is 2. The molecule has 5 nitrogen and oxygen atoms in total. The van der Waals surface area contributed by atoms with Gasteiger partial charge < -0.3 is 4.74 Å². The van der Waals surface area contributed by atoms with Gasteiger partial charge in [0.15, 0.2) is 17.7 Å². The standard InChI is InChI=1S/C22H25FN2O3/c1-15(28-19-8-6-5-7-18(19)23)21(27)25-24-20(26)14-11-16-9-12-17(13-10-16)22(2,3)4/h5-15H,1-4H3,(H,24,26)(H,25,27)/b14-11+. The minimum Gasteiger partial charge on any atom is -0.478 e. The molecule has 0 saturated heterocycles. The fraction of sp³-hybridized carbons (Fsp3) is 0.273. The molecular formula is C22H25FN2O3. The number of carbonyl (C=O) groups excluding carboxylic acids is 2. The van der Waals surface area contributed by atoms with E-state index in [1.54, 1.807) is 12.1 Å². The Morgan fingerprint density at radius 3 is 2.29 bits per heavy atom. The van der Waals surface area contributed by atoms with Crippen molar-refractivity contribution in [3.63, 3.8) is 0 Å². The summed E-state index contributed by atoms with van der Waals surface area (Å²) < 4.78 is 18.8. The van der Waals surface area contributed by atoms with E-state index in [2.05, 4.69) is 31.6 Å². The molecule has 0 aliphatic heterocycles. The predicted octanol–water partition coefficient (Wildman–Crippen LogP) is 3.75. The largest absolute Gasteiger partial charge is 0.478 e. The van der Waals surface area contributed by atoms with Gasteiger partial charge in [-0.15, -0.1) is 0 Å². The maximum atomic E-state index is 13.5. The highest BCUT2D eigenvalue weighted by Crippen LogP contribution is 2.22. The van der Waals surface area contributed by atoms with Crippen LogP contribution in [0, 0.1) is 5.82 Å². The lowest BCUT2D eigenvalue weighted by Gasteiger charge is -2.18. The molecule has 0 spiro atoms. The number of benzene rings is 2. The highest BCUT2D eigenvalue weighted by Gasteiger charge is 2.16. The number of hydrogen-bond acceptors (Lipinski definition) is 3. The normalized spacial score (nSPS) is 12.5. The second-order valence-electron chi connectivity index (χ2n) is 7.37. The Bertz CT molecular complexity index is 855. The van der Waals surface area contributed by atoms with Crippen LogP contribution in [0.25, 0.3) is 6.08 Å². The van der Waals surface area contributed by atoms with E-state index in [9.17, 15) is 14.0 Å². The molecule has 0 fully saturated rings. The summed E-state index contributed by atoms with van der Waals surface area (Å²) in [5, 5.41) is 0. The Balaban J connectivity index is 1.83. The second-order valence-corrected chi connectivity index (χ2v) is 7.37. The molecule has 0 saturated carbocycles. The number of halogens is 1. The molecule has 6 heteroatoms. The molecule has 0 aliphatic carbocycles. The van der Waals surface area contributed by atoms with Crippen molar-refractivity contribution in [2.45, 2.75) is 39.2 Å². The van der Waals surface area contributed by atoms with Crippen LogP contribution in [0.5, 0.6) is 5.75 Å². The maximum Gasteiger partial charge on any atom is 0.279 e. The average Bonchev–Trinajstić information content (AvgIpc) is 2.65. The van der Waals surface area contributed by atoms with Crippen LogP contribution in [0.3, 0.4) is 0 Å². The van der Waals surface area contributed by atoms with E-state index in [1.807, 2.05) is 24.3 Å². The molecule has 2 aromatic carbocycles. The van der Waals surface area contributed by atoms with Crippen molar-refractivity contribution in [1.29, 1.82) is 0 Å². The summed E-state index contributed by atoms with van der Waals surface area (Å²) in [4.78, 5) is 23.8. The van der Waals surface area contributed by atoms with Gasteiger partial charge in [0.2, 0.25) is 0 Å². The first-order chi connectivity index (χ1) is 13.2. The maximum absolute atomic E-state index is 13.5. The highest BCUT2D eigenvalue weighted by atomic mass is 19.1. The van der Waals surface area contributed by atoms with Crippen molar-refractivity contribution < 1.29 is 18.7 Å². The van der Waals surface area contributed by atoms with Gasteiger partial charge in [-0.1, -0.05) is 57.2 Å². The molecule has 28 heavy (non-hydrogen) atoms. The first-order valence-electron chi connectivity index (χ1n) is 8.96. The number of hydrogen-bond donors (Lipinski definition) is 2. The Hall–Kier alpha value is -3.15. The van der Waals surface area contributed by atoms with Crippen LogP contribution in [-0.4, -0.2) is 17.9 Å². The van der Waals surface area contributed by atoms with E-state index in [0.717, 1.165) is 5.56 Å². The van der Waals surface area contributed by atoms with Crippen LogP contribution in [0.1, 0.15) is 38.8 Å². The summed E-state index contributed by atoms with van der Waals surface area (Å²) in [7, 11) is 0. The molecule has 0 bridgehead atoms. The number of para-hydroxylation sites is 1. The number of rotatable bonds is 5. The van der Waals surface area contributed by atoms with E-state index < -0.39 is 23.7 Å². The topological polar surface area (TPSA) is 67.4 Å². The van der Waals surface area contributed by atoms with Gasteiger partial charge >= 0.3 is 0 Å². The van der Waals surface area contributed by atoms with Crippen LogP contribution >= 0.6 is 0 Å². The fourth-order valence-electron chi connectivity index (χ4n) is 2.32. The Kier molecular flexibility index (Phi) is 6.93. The van der Waals surface area contributed by atoms with Crippen LogP contribution in [0.15, 0.2) is 54.6 Å². The summed E-state index contributed by atoms with van der Waals surface area (Å²) in [5.74, 6) is -1.69. The molecule has 0 radical (unpaired) electrons. The number of ether oxygens (including phenoxy) is 1. The second kappa shape index (κ2) is 9.17. The zero-order valence-electron chi connectivity index (χ0n) is 16.5. The van der Waals surface area contributed by atoms with Crippen molar-refractivity contribution in [2.75, 3.05) is 0 Å². The van der Waals surface area contributed by atoms with Crippen molar-refractivity contribution in [3.05, 3.63) is 71.6 Å². The Morgan fingerprint density at radius 2 is 1.68 bits per heavy atom. The summed E-state index contributed by atoms with van der Waals surface area (Å²) in [6.45, 7) is 7.85. The smallest absolute Gasteiger partial charge is 0.279 e. The van der Waals surface area contributed by atoms with E-state index in [4.69, 9.17) is 4.74 Å². The molecule has 2 N–H and O–H groups in total. The SMILES string of the molecule is CC(Oc1ccccc1F)C(=O)NNC(=O)/C=C/c1ccc(C(C)(C)C)cc1. The first kappa shape index (κ1) is 21.2. The first-order valence-corrected chi connectivity index (χ1v) is 8.96. The minimum absolute atomic E-state index is 0.0323. The van der Waals surface area contributed by atoms with Gasteiger partial charge in [-0.05, 0) is 41.7 Å². The van der Waals surface area contributed by atoms with Crippen LogP contribution in [0.2, 0.25) is 0 Å². The molecule has 0 aliphatic rings. The van der Waals surface area contributed by atoms with Gasteiger partial charge in [0.1, 0.15) is 0 Å². The summed E-state index contributed by atoms with van der Waals surface area (Å²) >= 11 is 0. The van der Waals surface area contributed by atoms with Crippen LogP contribution in [-0.2, 0) is 15.0 Å². The monoisotopic (exact) mass is 384 g/mol. The van der Waals surface area contributed by atoms with Gasteiger partial charge in [0.05, 0.1) is 0 Å². The minimum atomic E-state index is -0.980. The van der Waals surface area contributed by atoms with E-state index in [0.29, 0.717) is 0 Å². The number of amides is 2. The molecule has 148 valence electrons. The Labute approximate surface area is 164 Å². The molecule has 0 aromatic heterocycles. The molecule has 1 unspecified atom stereocenters. The van der Waals surface area contributed by atoms with Gasteiger partial charge in [-0.25, -0.2) is 4.39 Å². The van der Waals surface area contributed by atoms with E-state index >= 15 is 0 Å². The van der Waals surface area contributed by atoms with Gasteiger partial charge in [-0.2, -0.15) is 0 Å². The van der Waals surface area contributed by atoms with Crippen molar-refractivity contribution >= 4 is 17.9 Å². The summed E-state index contributed by atoms with van der Waals surface area (Å²) in [6, 6.07) is 13.7. The zero-order chi connectivity index (χ0) is 20.7. The van der Waals surface area contributed by atoms with Crippen molar-refractivity contribution in [2.24, 2.45) is 0 Å². The van der Waals surface area contributed by atoms with Crippen LogP contribution in [0.4, 0.5) is 4.39 Å². The Morgan fingerprint density at radius 1 is 1.04 bits per heavy atom. The third-order valence-corrected chi connectivity index (χ3v) is 4.02. The predicted molar refractivity (Wildman–Crippen MR) is 107 cm³/mol. The zero-order valence-corrected chi connectivity index (χ0v) is 16.5. The van der Waals surface area contributed by atoms with E-state index in [1.165, 1.54) is 36.8 Å². The molecule has 2 rings (SSSR count). The van der Waals surface area contributed by atoms with Gasteiger partial charge in [0, 0.05) is 6.08 Å². The molecule has 0 heterocycles. The summed E-state index contributed by atoms with van der Waals surface area (Å²) in [6.07, 6.45) is 1.98. The quantitative estimate of drug-likeness (QED) is 0.609. The van der Waals surface area contributed by atoms with Gasteiger partial charge in [-0.3, -0.25) is 20.4 Å². The highest BCUT2D eigenvalue weighted by molar-refractivity contribution is 5.93. The number of hydrazine groups is 1. The average molecular weight is 384 g/mol. The van der Waals surface area contributed by atoms with Gasteiger partial charge in [0.25, 0.3) is 11.8 Å². The lowest BCUT2D eigenvalue weighted by Crippen LogP contribution is -2.46. The third-order valence-electron chi connectivity index (χ3n) is 4.02. The van der Waals surface area contributed by atoms with Crippen LogP contribution < -0.4 is 15.6 Å². The lowest BCUT2D eigenvalue weighted by molar-refractivity contribution is -0.131. The molecule has 2 amide bonds. The van der Waals surface area contributed by atoms with Crippen molar-refractivity contribution in [3.8, 4) is 5.75 Å². The number of nitrogens with one attached hydrogen (secondary N) is 2. The fourth-order valence-corrected chi connectivity index (χ4v) is 2.32. The third kappa shape index (κ3) is 6.23. The summed E-state index contributed by atoms with van der Waals surface area (Å²) in [5.41, 5.74) is 6.65. The van der Waals surface area contributed by atoms with Crippen molar-refractivity contribution in [1.82, 2.24) is 10.9 Å². The molecule has 1 atom stereocenters. The molecular weight excluding hydrogens is 359 g/mol. The van der Waals surface area contributed by atoms with E-state index in [-0.39, 0.29) is 11.2 Å². The lowest BCUT2D eigenvalue weighted by atomic mass is 9.87. The molecule has 2 aromatic rings.